The second kappa shape index (κ2) is 5.39. The highest BCUT2D eigenvalue weighted by Crippen LogP contribution is 2.35. The van der Waals surface area contributed by atoms with E-state index < -0.39 is 6.10 Å². The molecule has 21 heavy (non-hydrogen) atoms. The van der Waals surface area contributed by atoms with Gasteiger partial charge in [0.2, 0.25) is 5.91 Å². The highest BCUT2D eigenvalue weighted by molar-refractivity contribution is 6.00. The number of hydrogen-bond acceptors (Lipinski definition) is 3. The average molecular weight is 290 g/mol. The summed E-state index contributed by atoms with van der Waals surface area (Å²) < 4.78 is 5.55. The summed E-state index contributed by atoms with van der Waals surface area (Å²) in [6.07, 6.45) is -0.0457. The van der Waals surface area contributed by atoms with Gasteiger partial charge in [-0.3, -0.25) is 9.59 Å². The third-order valence-electron chi connectivity index (χ3n) is 3.28. The lowest BCUT2D eigenvalue weighted by Gasteiger charge is -2.30. The maximum Gasteiger partial charge on any atom is 0.267 e. The first-order valence-electron chi connectivity index (χ1n) is 7.05. The second-order valence-corrected chi connectivity index (χ2v) is 6.63. The highest BCUT2D eigenvalue weighted by atomic mass is 16.5. The topological polar surface area (TPSA) is 58.6 Å². The van der Waals surface area contributed by atoms with Crippen molar-refractivity contribution in [2.24, 2.45) is 5.41 Å². The van der Waals surface area contributed by atoms with Crippen LogP contribution in [0, 0.1) is 5.41 Å². The Bertz CT molecular complexity index is 575. The Hall–Kier alpha value is -2.04. The number of hydrogen-bond donors (Lipinski definition) is 1. The van der Waals surface area contributed by atoms with Crippen LogP contribution in [-0.4, -0.2) is 25.0 Å². The maximum atomic E-state index is 12.0. The molecule has 0 aromatic heterocycles. The predicted molar refractivity (Wildman–Crippen MR) is 82.6 cm³/mol. The van der Waals surface area contributed by atoms with E-state index in [1.54, 1.807) is 37.1 Å². The highest BCUT2D eigenvalue weighted by Gasteiger charge is 2.29. The second-order valence-electron chi connectivity index (χ2n) is 6.63. The number of carbonyl (C=O) groups is 2. The molecular formula is C16H22N2O3. The average Bonchev–Trinajstić information content (AvgIpc) is 2.35. The molecule has 0 bridgehead atoms. The molecule has 0 spiro atoms. The number of nitrogens with zero attached hydrogens (tertiary/aromatic N) is 1. The Morgan fingerprint density at radius 2 is 2.05 bits per heavy atom. The zero-order valence-corrected chi connectivity index (χ0v) is 13.2. The summed E-state index contributed by atoms with van der Waals surface area (Å²) in [5.74, 6) is 0.514. The molecule has 0 radical (unpaired) electrons. The van der Waals surface area contributed by atoms with E-state index in [4.69, 9.17) is 4.74 Å². The molecular weight excluding hydrogens is 268 g/mol. The van der Waals surface area contributed by atoms with Gasteiger partial charge in [0.15, 0.2) is 6.10 Å². The Morgan fingerprint density at radius 3 is 2.67 bits per heavy atom. The Kier molecular flexibility index (Phi) is 3.94. The zero-order chi connectivity index (χ0) is 15.8. The summed E-state index contributed by atoms with van der Waals surface area (Å²) in [7, 11) is 1.71. The third-order valence-corrected chi connectivity index (χ3v) is 3.28. The van der Waals surface area contributed by atoms with Crippen LogP contribution in [0.25, 0.3) is 0 Å². The number of amides is 2. The van der Waals surface area contributed by atoms with Crippen LogP contribution in [0.4, 0.5) is 11.4 Å². The molecule has 5 heteroatoms. The summed E-state index contributed by atoms with van der Waals surface area (Å²) in [5, 5.41) is 2.86. The van der Waals surface area contributed by atoms with E-state index in [1.807, 2.05) is 20.8 Å². The monoisotopic (exact) mass is 290 g/mol. The molecule has 1 unspecified atom stereocenters. The number of ether oxygens (including phenoxy) is 1. The van der Waals surface area contributed by atoms with Crippen molar-refractivity contribution in [3.63, 3.8) is 0 Å². The van der Waals surface area contributed by atoms with E-state index >= 15 is 0 Å². The fourth-order valence-corrected chi connectivity index (χ4v) is 2.28. The first-order valence-corrected chi connectivity index (χ1v) is 7.05. The SMILES string of the molecule is CC1Oc2ccc(NC(=O)CC(C)(C)C)cc2N(C)C1=O. The Balaban J connectivity index is 2.18. The Morgan fingerprint density at radius 1 is 1.38 bits per heavy atom. The first kappa shape index (κ1) is 15.4. The van der Waals surface area contributed by atoms with E-state index in [9.17, 15) is 9.59 Å². The van der Waals surface area contributed by atoms with Crippen molar-refractivity contribution in [1.29, 1.82) is 0 Å². The molecule has 2 rings (SSSR count). The van der Waals surface area contributed by atoms with Crippen molar-refractivity contribution in [3.8, 4) is 5.75 Å². The minimum Gasteiger partial charge on any atom is -0.479 e. The van der Waals surface area contributed by atoms with Gasteiger partial charge in [0, 0.05) is 19.2 Å². The van der Waals surface area contributed by atoms with Crippen molar-refractivity contribution in [2.75, 3.05) is 17.3 Å². The quantitative estimate of drug-likeness (QED) is 0.911. The van der Waals surface area contributed by atoms with Gasteiger partial charge in [-0.2, -0.15) is 0 Å². The van der Waals surface area contributed by atoms with E-state index in [2.05, 4.69) is 5.32 Å². The minimum atomic E-state index is -0.483. The van der Waals surface area contributed by atoms with Gasteiger partial charge in [0.25, 0.3) is 5.91 Å². The summed E-state index contributed by atoms with van der Waals surface area (Å²) in [6, 6.07) is 5.33. The molecule has 1 heterocycles. The number of fused-ring (bicyclic) bond motifs is 1. The van der Waals surface area contributed by atoms with E-state index in [0.717, 1.165) is 0 Å². The van der Waals surface area contributed by atoms with Gasteiger partial charge in [0.1, 0.15) is 5.75 Å². The van der Waals surface area contributed by atoms with Crippen LogP contribution in [0.15, 0.2) is 18.2 Å². The number of carbonyl (C=O) groups excluding carboxylic acids is 2. The molecule has 114 valence electrons. The first-order chi connectivity index (χ1) is 9.67. The van der Waals surface area contributed by atoms with Crippen molar-refractivity contribution in [1.82, 2.24) is 0 Å². The number of likely N-dealkylation sites (N-methyl/N-ethyl adjacent to an activating group) is 1. The van der Waals surface area contributed by atoms with Crippen LogP contribution in [-0.2, 0) is 9.59 Å². The smallest absolute Gasteiger partial charge is 0.267 e. The Labute approximate surface area is 125 Å². The van der Waals surface area contributed by atoms with Gasteiger partial charge in [-0.15, -0.1) is 0 Å². The molecule has 2 amide bonds. The van der Waals surface area contributed by atoms with Crippen molar-refractivity contribution in [2.45, 2.75) is 40.2 Å². The van der Waals surface area contributed by atoms with Crippen LogP contribution in [0.3, 0.4) is 0 Å². The molecule has 0 aliphatic carbocycles. The number of rotatable bonds is 2. The van der Waals surface area contributed by atoms with Gasteiger partial charge in [-0.1, -0.05) is 20.8 Å². The van der Waals surface area contributed by atoms with Gasteiger partial charge in [0.05, 0.1) is 5.69 Å². The summed E-state index contributed by atoms with van der Waals surface area (Å²) >= 11 is 0. The summed E-state index contributed by atoms with van der Waals surface area (Å²) in [6.45, 7) is 7.77. The van der Waals surface area contributed by atoms with Crippen LogP contribution in [0.5, 0.6) is 5.75 Å². The minimum absolute atomic E-state index is 0.0403. The lowest BCUT2D eigenvalue weighted by atomic mass is 9.92. The molecule has 1 aromatic rings. The summed E-state index contributed by atoms with van der Waals surface area (Å²) in [5.41, 5.74) is 1.27. The molecule has 1 aliphatic heterocycles. The van der Waals surface area contributed by atoms with Crippen LogP contribution >= 0.6 is 0 Å². The molecule has 5 nitrogen and oxygen atoms in total. The third kappa shape index (κ3) is 3.54. The van der Waals surface area contributed by atoms with Crippen LogP contribution < -0.4 is 15.0 Å². The molecule has 0 saturated heterocycles. The fourth-order valence-electron chi connectivity index (χ4n) is 2.28. The van der Waals surface area contributed by atoms with Crippen LogP contribution in [0.2, 0.25) is 0 Å². The van der Waals surface area contributed by atoms with Crippen molar-refractivity contribution < 1.29 is 14.3 Å². The van der Waals surface area contributed by atoms with E-state index in [0.29, 0.717) is 23.5 Å². The molecule has 1 atom stereocenters. The number of benzene rings is 1. The molecule has 1 N–H and O–H groups in total. The van der Waals surface area contributed by atoms with Crippen LogP contribution in [0.1, 0.15) is 34.1 Å². The van der Waals surface area contributed by atoms with E-state index in [1.165, 1.54) is 0 Å². The predicted octanol–water partition coefficient (Wildman–Crippen LogP) is 2.81. The summed E-state index contributed by atoms with van der Waals surface area (Å²) in [4.78, 5) is 25.5. The van der Waals surface area contributed by atoms with Crippen molar-refractivity contribution in [3.05, 3.63) is 18.2 Å². The van der Waals surface area contributed by atoms with Gasteiger partial charge < -0.3 is 15.0 Å². The fraction of sp³-hybridized carbons (Fsp3) is 0.500. The normalized spacial score (nSPS) is 18.0. The lowest BCUT2D eigenvalue weighted by Crippen LogP contribution is -2.42. The largest absolute Gasteiger partial charge is 0.479 e. The molecule has 0 saturated carbocycles. The van der Waals surface area contributed by atoms with E-state index in [-0.39, 0.29) is 17.2 Å². The van der Waals surface area contributed by atoms with Gasteiger partial charge in [-0.05, 0) is 30.5 Å². The van der Waals surface area contributed by atoms with Gasteiger partial charge in [-0.25, -0.2) is 0 Å². The number of anilines is 2. The van der Waals surface area contributed by atoms with Gasteiger partial charge >= 0.3 is 0 Å². The maximum absolute atomic E-state index is 12.0. The number of nitrogens with one attached hydrogen (secondary N) is 1. The molecule has 1 aliphatic rings. The standard InChI is InChI=1S/C16H22N2O3/c1-10-15(20)18(5)12-8-11(6-7-13(12)21-10)17-14(19)9-16(2,3)4/h6-8,10H,9H2,1-5H3,(H,17,19). The lowest BCUT2D eigenvalue weighted by molar-refractivity contribution is -0.125. The molecule has 1 aromatic carbocycles. The molecule has 0 fully saturated rings. The van der Waals surface area contributed by atoms with Crippen molar-refractivity contribution >= 4 is 23.2 Å². The zero-order valence-electron chi connectivity index (χ0n) is 13.2.